The summed E-state index contributed by atoms with van der Waals surface area (Å²) >= 11 is 7.91. The van der Waals surface area contributed by atoms with Crippen molar-refractivity contribution < 1.29 is 139 Å². The van der Waals surface area contributed by atoms with E-state index in [1.165, 1.54) is 0 Å². The number of aliphatic hydroxyl groups excluding tert-OH is 1. The summed E-state index contributed by atoms with van der Waals surface area (Å²) in [5.74, 6) is 0. The fourth-order valence-electron chi connectivity index (χ4n) is 4.74. The van der Waals surface area contributed by atoms with Crippen molar-refractivity contribution in [1.82, 2.24) is 0 Å². The Kier molecular flexibility index (Phi) is 17.3. The topological polar surface area (TPSA) is 493 Å². The summed E-state index contributed by atoms with van der Waals surface area (Å²) in [4.78, 5) is -2.90. The summed E-state index contributed by atoms with van der Waals surface area (Å²) in [5.41, 5.74) is 0. The van der Waals surface area contributed by atoms with Gasteiger partial charge in [-0.05, 0) is 0 Å². The summed E-state index contributed by atoms with van der Waals surface area (Å²) < 4.78 is 276. The van der Waals surface area contributed by atoms with Gasteiger partial charge in [0.15, 0.2) is 12.4 Å². The highest BCUT2D eigenvalue weighted by Gasteiger charge is 2.61. The number of thiol groups is 2. The van der Waals surface area contributed by atoms with Crippen LogP contribution in [0.5, 0.6) is 0 Å². The lowest BCUT2D eigenvalue weighted by atomic mass is 9.91. The van der Waals surface area contributed by atoms with Crippen LogP contribution in [0.4, 0.5) is 0 Å². The Morgan fingerprint density at radius 2 is 0.929 bits per heavy atom. The minimum absolute atomic E-state index is 0.969. The largest absolute Gasteiger partial charge is 0.397 e. The lowest BCUT2D eigenvalue weighted by Gasteiger charge is -2.51. The van der Waals surface area contributed by atoms with Gasteiger partial charge in [-0.25, -0.2) is 29.3 Å². The van der Waals surface area contributed by atoms with Crippen molar-refractivity contribution in [2.24, 2.45) is 0 Å². The van der Waals surface area contributed by atoms with E-state index in [-0.39, 0.29) is 0 Å². The average Bonchev–Trinajstić information content (AvgIpc) is 2.93. The first kappa shape index (κ1) is 51.8. The third kappa shape index (κ3) is 18.1. The molecule has 0 radical (unpaired) electrons. The smallest absolute Gasteiger partial charge is 0.395 e. The molecular formula is C15H28O32S9. The summed E-state index contributed by atoms with van der Waals surface area (Å²) in [6.07, 6.45) is -28.2. The molecule has 2 saturated heterocycles. The van der Waals surface area contributed by atoms with Gasteiger partial charge in [0, 0.05) is 11.7 Å². The van der Waals surface area contributed by atoms with Crippen LogP contribution in [0.15, 0.2) is 0 Å². The molecule has 1 unspecified atom stereocenters. The molecule has 0 spiro atoms. The highest BCUT2D eigenvalue weighted by atomic mass is 32.3. The molecule has 56 heavy (non-hydrogen) atoms. The van der Waals surface area contributed by atoms with Crippen molar-refractivity contribution in [1.29, 1.82) is 0 Å². The van der Waals surface area contributed by atoms with Gasteiger partial charge >= 0.3 is 72.8 Å². The van der Waals surface area contributed by atoms with Gasteiger partial charge in [-0.1, -0.05) is 0 Å². The SMILES string of the molecule is O=S(=O)(O)OC[C@H]1O[C@H](O[C@H]2[C@H](OS(=O)(=O)O)[C@@H](OS(=O)(=O)O)[C@@](S)(CC(S)CO)O[C@@H]2COS(=O)(=O)O)[C@H](OS(=O)(=O)O)[C@@H](OS(=O)(=O)O)[C@@H]1OS(=O)(=O)O. The fraction of sp³-hybridized carbons (Fsp3) is 1.00. The van der Waals surface area contributed by atoms with Crippen molar-refractivity contribution in [2.45, 2.75) is 71.7 Å². The molecule has 0 aromatic carbocycles. The van der Waals surface area contributed by atoms with Gasteiger partial charge < -0.3 is 19.3 Å². The standard InChI is InChI=1S/C15H28O32S9/c16-2-5(48)1-15(49)13(47-56(35,36)37)11(45-54(29,30)31)8(7(42-15)4-39-51(20,21)22)41-14-12(46-55(32,33)34)10(44-53(26,27)28)9(43-52(23,24)25)6(40-14)3-38-50(17,18)19/h5-14,16,48-49H,1-4H2,(H,17,18,19)(H,20,21,22)(H,23,24,25)(H,26,27,28)(H,29,30,31)(H,32,33,34)(H,35,36,37)/t5?,6-,7-,8-,9-,10+,11+,12-,13-,14-,15+/m1/s1. The maximum absolute atomic E-state index is 12.1. The maximum atomic E-state index is 12.1. The number of rotatable bonds is 21. The molecule has 2 aliphatic rings. The third-order valence-electron chi connectivity index (χ3n) is 6.33. The molecule has 334 valence electrons. The van der Waals surface area contributed by atoms with Crippen LogP contribution in [-0.2, 0) is 116 Å². The Labute approximate surface area is 327 Å². The molecule has 0 aromatic rings. The second-order valence-corrected chi connectivity index (χ2v) is 19.4. The van der Waals surface area contributed by atoms with Gasteiger partial charge in [-0.15, -0.1) is 12.6 Å². The molecule has 11 atom stereocenters. The number of hydrogen-bond acceptors (Lipinski definition) is 27. The molecule has 0 bridgehead atoms. The molecule has 41 heteroatoms. The Bertz CT molecular complexity index is 2150. The fourth-order valence-corrected chi connectivity index (χ4v) is 8.90. The van der Waals surface area contributed by atoms with Crippen molar-refractivity contribution in [3.05, 3.63) is 0 Å². The minimum Gasteiger partial charge on any atom is -0.395 e. The minimum atomic E-state index is -6.13. The monoisotopic (exact) mass is 1010 g/mol. The lowest BCUT2D eigenvalue weighted by Crippen LogP contribution is -2.69. The van der Waals surface area contributed by atoms with E-state index in [1.807, 2.05) is 0 Å². The highest BCUT2D eigenvalue weighted by Crippen LogP contribution is 2.44. The van der Waals surface area contributed by atoms with Crippen LogP contribution in [0.25, 0.3) is 0 Å². The van der Waals surface area contributed by atoms with Crippen LogP contribution in [0.2, 0.25) is 0 Å². The van der Waals surface area contributed by atoms with Crippen LogP contribution >= 0.6 is 25.3 Å². The molecule has 0 amide bonds. The van der Waals surface area contributed by atoms with E-state index < -0.39 is 164 Å². The van der Waals surface area contributed by atoms with E-state index in [2.05, 4.69) is 54.5 Å². The van der Waals surface area contributed by atoms with Crippen LogP contribution in [0, 0.1) is 0 Å². The van der Waals surface area contributed by atoms with Crippen LogP contribution < -0.4 is 0 Å². The van der Waals surface area contributed by atoms with Crippen molar-refractivity contribution >= 4 is 98.1 Å². The number of hydrogen-bond donors (Lipinski definition) is 10. The van der Waals surface area contributed by atoms with Gasteiger partial charge in [-0.2, -0.15) is 71.6 Å². The third-order valence-corrected chi connectivity index (χ3v) is 10.4. The number of aliphatic hydroxyl groups is 1. The molecule has 0 aliphatic carbocycles. The van der Waals surface area contributed by atoms with Crippen LogP contribution in [-0.4, -0.2) is 181 Å². The van der Waals surface area contributed by atoms with Gasteiger partial charge in [-0.3, -0.25) is 31.9 Å². The van der Waals surface area contributed by atoms with E-state index >= 15 is 0 Å². The predicted molar refractivity (Wildman–Crippen MR) is 172 cm³/mol. The summed E-state index contributed by atoms with van der Waals surface area (Å²) in [7, 11) is -41.5. The Morgan fingerprint density at radius 3 is 1.34 bits per heavy atom. The maximum Gasteiger partial charge on any atom is 0.397 e. The van der Waals surface area contributed by atoms with Gasteiger partial charge in [0.1, 0.15) is 47.7 Å². The molecule has 2 rings (SSSR count). The van der Waals surface area contributed by atoms with E-state index in [0.717, 1.165) is 0 Å². The second-order valence-electron chi connectivity index (χ2n) is 10.5. The molecule has 0 aromatic heterocycles. The lowest BCUT2D eigenvalue weighted by molar-refractivity contribution is -0.332. The van der Waals surface area contributed by atoms with E-state index in [1.54, 1.807) is 0 Å². The van der Waals surface area contributed by atoms with Crippen molar-refractivity contribution in [3.8, 4) is 0 Å². The quantitative estimate of drug-likeness (QED) is 0.0378. The Morgan fingerprint density at radius 1 is 0.536 bits per heavy atom. The average molecular weight is 1010 g/mol. The van der Waals surface area contributed by atoms with Crippen LogP contribution in [0.3, 0.4) is 0 Å². The first-order valence-electron chi connectivity index (χ1n) is 13.3. The van der Waals surface area contributed by atoms with E-state index in [0.29, 0.717) is 0 Å². The molecule has 2 fully saturated rings. The van der Waals surface area contributed by atoms with E-state index in [9.17, 15) is 91.3 Å². The van der Waals surface area contributed by atoms with Crippen LogP contribution in [0.1, 0.15) is 6.42 Å². The Hall–Kier alpha value is -0.370. The van der Waals surface area contributed by atoms with Crippen molar-refractivity contribution in [2.75, 3.05) is 19.8 Å². The normalized spacial score (nSPS) is 32.2. The second kappa shape index (κ2) is 18.7. The molecule has 32 nitrogen and oxygen atoms in total. The van der Waals surface area contributed by atoms with Gasteiger partial charge in [0.05, 0.1) is 19.8 Å². The molecular weight excluding hydrogens is 981 g/mol. The molecule has 2 heterocycles. The first-order chi connectivity index (χ1) is 24.8. The van der Waals surface area contributed by atoms with Gasteiger partial charge in [0.25, 0.3) is 0 Å². The Balaban J connectivity index is 3.04. The van der Waals surface area contributed by atoms with Crippen molar-refractivity contribution in [3.63, 3.8) is 0 Å². The first-order valence-corrected chi connectivity index (χ1v) is 23.8. The molecule has 8 N–H and O–H groups in total. The van der Waals surface area contributed by atoms with E-state index in [4.69, 9.17) is 18.8 Å². The highest BCUT2D eigenvalue weighted by molar-refractivity contribution is 7.83. The summed E-state index contributed by atoms with van der Waals surface area (Å²) in [6, 6.07) is 0. The summed E-state index contributed by atoms with van der Waals surface area (Å²) in [6.45, 7) is -4.55. The predicted octanol–water partition coefficient (Wildman–Crippen LogP) is -5.62. The molecule has 0 saturated carbocycles. The van der Waals surface area contributed by atoms with Gasteiger partial charge in [0.2, 0.25) is 0 Å². The zero-order valence-corrected chi connectivity index (χ0v) is 33.7. The summed E-state index contributed by atoms with van der Waals surface area (Å²) in [5, 5.41) is 8.10. The molecule has 2 aliphatic heterocycles. The number of ether oxygens (including phenoxy) is 3. The zero-order chi connectivity index (χ0) is 43.7. The zero-order valence-electron chi connectivity index (χ0n) is 26.2.